The van der Waals surface area contributed by atoms with E-state index in [2.05, 4.69) is 9.98 Å². The molecule has 1 aromatic carbocycles. The zero-order chi connectivity index (χ0) is 13.8. The van der Waals surface area contributed by atoms with E-state index in [1.54, 1.807) is 30.6 Å². The summed E-state index contributed by atoms with van der Waals surface area (Å²) in [7, 11) is 0. The Morgan fingerprint density at radius 2 is 1.95 bits per heavy atom. The summed E-state index contributed by atoms with van der Waals surface area (Å²) in [5.41, 5.74) is 2.51. The molecule has 19 heavy (non-hydrogen) atoms. The molecule has 0 N–H and O–H groups in total. The Labute approximate surface area is 110 Å². The zero-order valence-corrected chi connectivity index (χ0v) is 10.7. The Morgan fingerprint density at radius 3 is 2.53 bits per heavy atom. The number of nitrogens with zero attached hydrogens (tertiary/aromatic N) is 2. The van der Waals surface area contributed by atoms with E-state index >= 15 is 0 Å². The van der Waals surface area contributed by atoms with Crippen LogP contribution < -0.4 is 0 Å². The first-order valence-corrected chi connectivity index (χ1v) is 5.95. The van der Waals surface area contributed by atoms with Crippen LogP contribution in [0.1, 0.15) is 25.3 Å². The largest absolute Gasteiger partial charge is 0.265 e. The maximum absolute atomic E-state index is 13.7. The average Bonchev–Trinajstić information content (AvgIpc) is 2.41. The molecule has 0 radical (unpaired) electrons. The van der Waals surface area contributed by atoms with Crippen LogP contribution >= 0.6 is 0 Å². The fourth-order valence-corrected chi connectivity index (χ4v) is 1.98. The Morgan fingerprint density at radius 1 is 1.26 bits per heavy atom. The van der Waals surface area contributed by atoms with Crippen molar-refractivity contribution < 1.29 is 9.18 Å². The normalized spacial score (nSPS) is 10.3. The van der Waals surface area contributed by atoms with Gasteiger partial charge in [-0.2, -0.15) is 4.99 Å². The second-order valence-corrected chi connectivity index (χ2v) is 4.48. The minimum atomic E-state index is -0.347. The minimum absolute atomic E-state index is 0.0587. The van der Waals surface area contributed by atoms with Gasteiger partial charge in [0.1, 0.15) is 5.82 Å². The van der Waals surface area contributed by atoms with Crippen LogP contribution in [0.2, 0.25) is 0 Å². The predicted octanol–water partition coefficient (Wildman–Crippen LogP) is 3.98. The Hall–Kier alpha value is -2.32. The summed E-state index contributed by atoms with van der Waals surface area (Å²) < 4.78 is 13.7. The van der Waals surface area contributed by atoms with Gasteiger partial charge in [0.2, 0.25) is 6.08 Å². The number of carbonyl (C=O) groups excluding carboxylic acids is 1. The number of hydrogen-bond acceptors (Lipinski definition) is 3. The van der Waals surface area contributed by atoms with Gasteiger partial charge >= 0.3 is 0 Å². The van der Waals surface area contributed by atoms with Crippen molar-refractivity contribution in [3.63, 3.8) is 0 Å². The van der Waals surface area contributed by atoms with Crippen molar-refractivity contribution in [2.45, 2.75) is 19.8 Å². The summed E-state index contributed by atoms with van der Waals surface area (Å²) in [4.78, 5) is 18.3. The van der Waals surface area contributed by atoms with Crippen molar-refractivity contribution in [1.82, 2.24) is 4.98 Å². The van der Waals surface area contributed by atoms with Crippen molar-refractivity contribution in [3.05, 3.63) is 48.0 Å². The van der Waals surface area contributed by atoms with E-state index in [0.717, 1.165) is 5.56 Å². The second kappa shape index (κ2) is 5.55. The van der Waals surface area contributed by atoms with Crippen LogP contribution in [0.25, 0.3) is 11.1 Å². The molecule has 0 unspecified atom stereocenters. The summed E-state index contributed by atoms with van der Waals surface area (Å²) in [6.45, 7) is 3.85. The third-order valence-electron chi connectivity index (χ3n) is 2.87. The highest BCUT2D eigenvalue weighted by atomic mass is 19.1. The number of halogens is 1. The summed E-state index contributed by atoms with van der Waals surface area (Å²) in [6.07, 6.45) is 4.78. The lowest BCUT2D eigenvalue weighted by molar-refractivity contribution is 0.565. The van der Waals surface area contributed by atoms with E-state index in [0.29, 0.717) is 16.8 Å². The average molecular weight is 256 g/mol. The molecule has 0 saturated carbocycles. The molecule has 0 aliphatic carbocycles. The summed E-state index contributed by atoms with van der Waals surface area (Å²) >= 11 is 0. The molecular formula is C15H13FN2O. The summed E-state index contributed by atoms with van der Waals surface area (Å²) in [5, 5.41) is 0. The Kier molecular flexibility index (Phi) is 3.83. The third-order valence-corrected chi connectivity index (χ3v) is 2.87. The molecule has 0 saturated heterocycles. The first-order valence-electron chi connectivity index (χ1n) is 5.95. The van der Waals surface area contributed by atoms with Gasteiger partial charge in [0.25, 0.3) is 0 Å². The maximum atomic E-state index is 13.7. The molecule has 0 aliphatic heterocycles. The van der Waals surface area contributed by atoms with E-state index in [9.17, 15) is 9.18 Å². The van der Waals surface area contributed by atoms with Crippen molar-refractivity contribution in [1.29, 1.82) is 0 Å². The standard InChI is InChI=1S/C15H13FN2O/c1-10(2)13-7-12(16)8-14(15(13)18-9-19)11-3-5-17-6-4-11/h3-8,10H,1-2H3. The van der Waals surface area contributed by atoms with Gasteiger partial charge < -0.3 is 0 Å². The van der Waals surface area contributed by atoms with Crippen molar-refractivity contribution in [3.8, 4) is 11.1 Å². The highest BCUT2D eigenvalue weighted by molar-refractivity contribution is 5.79. The molecule has 0 atom stereocenters. The zero-order valence-electron chi connectivity index (χ0n) is 10.7. The van der Waals surface area contributed by atoms with Crippen LogP contribution in [0.4, 0.5) is 10.1 Å². The van der Waals surface area contributed by atoms with E-state index in [4.69, 9.17) is 0 Å². The quantitative estimate of drug-likeness (QED) is 0.615. The van der Waals surface area contributed by atoms with Gasteiger partial charge in [0, 0.05) is 18.0 Å². The fourth-order valence-electron chi connectivity index (χ4n) is 1.98. The van der Waals surface area contributed by atoms with Crippen molar-refractivity contribution in [2.75, 3.05) is 0 Å². The predicted molar refractivity (Wildman–Crippen MR) is 71.5 cm³/mol. The minimum Gasteiger partial charge on any atom is -0.265 e. The molecule has 0 amide bonds. The molecule has 1 heterocycles. The Bertz CT molecular complexity index is 632. The molecule has 0 fully saturated rings. The lowest BCUT2D eigenvalue weighted by Gasteiger charge is -2.13. The van der Waals surface area contributed by atoms with Gasteiger partial charge in [-0.1, -0.05) is 13.8 Å². The number of aromatic nitrogens is 1. The maximum Gasteiger partial charge on any atom is 0.240 e. The van der Waals surface area contributed by atoms with E-state index in [-0.39, 0.29) is 11.7 Å². The van der Waals surface area contributed by atoms with Crippen LogP contribution in [-0.2, 0) is 4.79 Å². The molecule has 3 nitrogen and oxygen atoms in total. The molecule has 1 aromatic heterocycles. The molecule has 2 aromatic rings. The SMILES string of the molecule is CC(C)c1cc(F)cc(-c2ccncc2)c1N=C=O. The van der Waals surface area contributed by atoms with Gasteiger partial charge in [-0.05, 0) is 41.3 Å². The number of rotatable bonds is 3. The number of pyridine rings is 1. The molecule has 4 heteroatoms. The van der Waals surface area contributed by atoms with E-state index in [1.165, 1.54) is 12.1 Å². The smallest absolute Gasteiger partial charge is 0.240 e. The molecule has 2 rings (SSSR count). The molecule has 0 bridgehead atoms. The van der Waals surface area contributed by atoms with Gasteiger partial charge in [-0.15, -0.1) is 0 Å². The highest BCUT2D eigenvalue weighted by Gasteiger charge is 2.14. The number of aliphatic imine (C=N–C) groups is 1. The first-order chi connectivity index (χ1) is 9.13. The third kappa shape index (κ3) is 2.75. The van der Waals surface area contributed by atoms with Crippen molar-refractivity contribution >= 4 is 11.8 Å². The van der Waals surface area contributed by atoms with Gasteiger partial charge in [-0.25, -0.2) is 9.18 Å². The van der Waals surface area contributed by atoms with E-state index < -0.39 is 0 Å². The topological polar surface area (TPSA) is 42.3 Å². The fraction of sp³-hybridized carbons (Fsp3) is 0.200. The lowest BCUT2D eigenvalue weighted by Crippen LogP contribution is -1.93. The van der Waals surface area contributed by atoms with E-state index in [1.807, 2.05) is 13.8 Å². The Balaban J connectivity index is 2.75. The van der Waals surface area contributed by atoms with Gasteiger partial charge in [0.05, 0.1) is 5.69 Å². The number of benzene rings is 1. The molecule has 0 aliphatic rings. The van der Waals surface area contributed by atoms with Crippen LogP contribution in [0, 0.1) is 5.82 Å². The second-order valence-electron chi connectivity index (χ2n) is 4.48. The summed E-state index contributed by atoms with van der Waals surface area (Å²) in [5.74, 6) is -0.288. The van der Waals surface area contributed by atoms with Crippen LogP contribution in [0.15, 0.2) is 41.7 Å². The van der Waals surface area contributed by atoms with Crippen LogP contribution in [-0.4, -0.2) is 11.1 Å². The molecular weight excluding hydrogens is 243 g/mol. The number of isocyanates is 1. The first kappa shape index (κ1) is 13.1. The molecule has 0 spiro atoms. The van der Waals surface area contributed by atoms with Gasteiger partial charge in [-0.3, -0.25) is 4.98 Å². The lowest BCUT2D eigenvalue weighted by atomic mass is 9.94. The van der Waals surface area contributed by atoms with Crippen LogP contribution in [0.3, 0.4) is 0 Å². The molecule has 96 valence electrons. The van der Waals surface area contributed by atoms with Crippen molar-refractivity contribution in [2.24, 2.45) is 4.99 Å². The van der Waals surface area contributed by atoms with Gasteiger partial charge in [0.15, 0.2) is 0 Å². The summed E-state index contributed by atoms with van der Waals surface area (Å²) in [6, 6.07) is 6.29. The number of hydrogen-bond donors (Lipinski definition) is 0. The van der Waals surface area contributed by atoms with Crippen LogP contribution in [0.5, 0.6) is 0 Å². The monoisotopic (exact) mass is 256 g/mol. The highest BCUT2D eigenvalue weighted by Crippen LogP contribution is 2.37.